The van der Waals surface area contributed by atoms with Gasteiger partial charge in [-0.25, -0.2) is 0 Å². The number of rotatable bonds is 20. The number of thiocarbonyl (C=S) groups is 1. The van der Waals surface area contributed by atoms with Gasteiger partial charge in [-0.3, -0.25) is 10.1 Å². The van der Waals surface area contributed by atoms with Gasteiger partial charge in [-0.1, -0.05) is 106 Å². The second-order valence-corrected chi connectivity index (χ2v) is 10.1. The van der Waals surface area contributed by atoms with E-state index in [-0.39, 0.29) is 5.91 Å². The molecular formula is C27H45BrN2O3S. The first kappa shape index (κ1) is 30.9. The Hall–Kier alpha value is -1.18. The number of halogens is 1. The maximum Gasteiger partial charge on any atom is 0.261 e. The summed E-state index contributed by atoms with van der Waals surface area (Å²) >= 11 is 8.70. The van der Waals surface area contributed by atoms with E-state index in [9.17, 15) is 4.79 Å². The molecule has 0 atom stereocenters. The number of unbranched alkanes of at least 4 members (excludes halogenated alkanes) is 13. The van der Waals surface area contributed by atoms with Crippen LogP contribution in [-0.4, -0.2) is 37.9 Å². The zero-order valence-corrected chi connectivity index (χ0v) is 23.7. The molecule has 5 nitrogen and oxygen atoms in total. The summed E-state index contributed by atoms with van der Waals surface area (Å²) in [6.45, 7) is 3.87. The Balaban J connectivity index is 2.08. The van der Waals surface area contributed by atoms with Gasteiger partial charge in [0.25, 0.3) is 5.91 Å². The van der Waals surface area contributed by atoms with E-state index >= 15 is 0 Å². The van der Waals surface area contributed by atoms with Crippen LogP contribution in [0.2, 0.25) is 0 Å². The molecule has 0 heterocycles. The van der Waals surface area contributed by atoms with E-state index in [1.807, 2.05) is 6.07 Å². The number of carbonyl (C=O) groups is 1. The second kappa shape index (κ2) is 21.1. The average molecular weight is 558 g/mol. The fourth-order valence-corrected chi connectivity index (χ4v) is 4.33. The number of ether oxygens (including phenoxy) is 2. The molecule has 0 aliphatic rings. The van der Waals surface area contributed by atoms with Crippen LogP contribution in [0.1, 0.15) is 107 Å². The molecule has 0 radical (unpaired) electrons. The van der Waals surface area contributed by atoms with Crippen molar-refractivity contribution in [3.05, 3.63) is 28.2 Å². The summed E-state index contributed by atoms with van der Waals surface area (Å²) in [7, 11) is 1.61. The van der Waals surface area contributed by atoms with Crippen LogP contribution >= 0.6 is 28.1 Å². The van der Waals surface area contributed by atoms with E-state index in [4.69, 9.17) is 21.7 Å². The van der Waals surface area contributed by atoms with E-state index in [1.165, 1.54) is 83.5 Å². The lowest BCUT2D eigenvalue weighted by Crippen LogP contribution is -2.39. The third-order valence-corrected chi connectivity index (χ3v) is 6.51. The van der Waals surface area contributed by atoms with Gasteiger partial charge in [-0.15, -0.1) is 0 Å². The molecule has 2 N–H and O–H groups in total. The van der Waals surface area contributed by atoms with Crippen LogP contribution in [0, 0.1) is 0 Å². The van der Waals surface area contributed by atoms with Crippen molar-refractivity contribution >= 4 is 39.2 Å². The standard InChI is InChI=1S/C27H45BrN2O3S/c1-3-4-5-6-7-8-9-10-11-12-13-14-15-16-19-29-27(34)30-26(31)24-22-23(28)17-18-25(24)33-21-20-32-2/h17-18,22H,3-16,19-21H2,1-2H3,(H2,29,30,31,34). The van der Waals surface area contributed by atoms with Gasteiger partial charge >= 0.3 is 0 Å². The Bertz CT molecular complexity index is 688. The number of hydrogen-bond acceptors (Lipinski definition) is 4. The lowest BCUT2D eigenvalue weighted by atomic mass is 10.0. The average Bonchev–Trinajstić information content (AvgIpc) is 2.82. The van der Waals surface area contributed by atoms with Crippen LogP contribution in [0.5, 0.6) is 5.75 Å². The maximum absolute atomic E-state index is 12.7. The van der Waals surface area contributed by atoms with Crippen molar-refractivity contribution < 1.29 is 14.3 Å². The first-order valence-electron chi connectivity index (χ1n) is 13.1. The lowest BCUT2D eigenvalue weighted by Gasteiger charge is -2.13. The molecule has 34 heavy (non-hydrogen) atoms. The summed E-state index contributed by atoms with van der Waals surface area (Å²) in [5.41, 5.74) is 0.436. The van der Waals surface area contributed by atoms with Gasteiger partial charge in [0, 0.05) is 18.1 Å². The summed E-state index contributed by atoms with van der Waals surface area (Å²) in [6.07, 6.45) is 18.7. The summed E-state index contributed by atoms with van der Waals surface area (Å²) in [6, 6.07) is 5.33. The van der Waals surface area contributed by atoms with Gasteiger partial charge in [-0.2, -0.15) is 0 Å². The first-order valence-corrected chi connectivity index (χ1v) is 14.3. The molecule has 194 valence electrons. The molecule has 7 heteroatoms. The Morgan fingerprint density at radius 1 is 0.882 bits per heavy atom. The molecule has 0 aliphatic carbocycles. The number of hydrogen-bond donors (Lipinski definition) is 2. The normalized spacial score (nSPS) is 10.8. The number of carbonyl (C=O) groups excluding carboxylic acids is 1. The van der Waals surface area contributed by atoms with Crippen molar-refractivity contribution in [1.82, 2.24) is 10.6 Å². The van der Waals surface area contributed by atoms with Gasteiger partial charge in [-0.05, 0) is 36.8 Å². The zero-order valence-electron chi connectivity index (χ0n) is 21.3. The van der Waals surface area contributed by atoms with Gasteiger partial charge in [0.15, 0.2) is 5.11 Å². The molecule has 0 saturated carbocycles. The highest BCUT2D eigenvalue weighted by atomic mass is 79.9. The Labute approximate surface area is 221 Å². The minimum atomic E-state index is -0.285. The van der Waals surface area contributed by atoms with E-state index in [1.54, 1.807) is 19.2 Å². The number of benzene rings is 1. The van der Waals surface area contributed by atoms with Gasteiger partial charge < -0.3 is 14.8 Å². The minimum Gasteiger partial charge on any atom is -0.490 e. The molecule has 0 spiro atoms. The molecule has 0 unspecified atom stereocenters. The molecule has 1 amide bonds. The predicted octanol–water partition coefficient (Wildman–Crippen LogP) is 7.56. The number of nitrogens with one attached hydrogen (secondary N) is 2. The zero-order chi connectivity index (χ0) is 24.9. The van der Waals surface area contributed by atoms with E-state index in [2.05, 4.69) is 33.5 Å². The first-order chi connectivity index (χ1) is 16.6. The van der Waals surface area contributed by atoms with Crippen LogP contribution in [-0.2, 0) is 4.74 Å². The predicted molar refractivity (Wildman–Crippen MR) is 150 cm³/mol. The SMILES string of the molecule is CCCCCCCCCCCCCCCCNC(=S)NC(=O)c1cc(Br)ccc1OCCOC. The van der Waals surface area contributed by atoms with Gasteiger partial charge in [0.05, 0.1) is 12.2 Å². The fraction of sp³-hybridized carbons (Fsp3) is 0.704. The van der Waals surface area contributed by atoms with Gasteiger partial charge in [0.2, 0.25) is 0 Å². The van der Waals surface area contributed by atoms with Crippen LogP contribution in [0.3, 0.4) is 0 Å². The van der Waals surface area contributed by atoms with Crippen molar-refractivity contribution in [1.29, 1.82) is 0 Å². The second-order valence-electron chi connectivity index (χ2n) is 8.79. The number of methoxy groups -OCH3 is 1. The third kappa shape index (κ3) is 15.7. The highest BCUT2D eigenvalue weighted by molar-refractivity contribution is 9.10. The quantitative estimate of drug-likeness (QED) is 0.128. The van der Waals surface area contributed by atoms with Crippen LogP contribution in [0.4, 0.5) is 0 Å². The highest BCUT2D eigenvalue weighted by Gasteiger charge is 2.14. The fourth-order valence-electron chi connectivity index (χ4n) is 3.78. The van der Waals surface area contributed by atoms with E-state index < -0.39 is 0 Å². The van der Waals surface area contributed by atoms with Crippen LogP contribution in [0.15, 0.2) is 22.7 Å². The molecule has 0 saturated heterocycles. The van der Waals surface area contributed by atoms with Crippen molar-refractivity contribution in [3.8, 4) is 5.75 Å². The highest BCUT2D eigenvalue weighted by Crippen LogP contribution is 2.23. The Kier molecular flexibility index (Phi) is 19.2. The Morgan fingerprint density at radius 2 is 1.44 bits per heavy atom. The molecule has 0 fully saturated rings. The lowest BCUT2D eigenvalue weighted by molar-refractivity contribution is 0.0968. The molecular weight excluding hydrogens is 512 g/mol. The van der Waals surface area contributed by atoms with Crippen LogP contribution < -0.4 is 15.4 Å². The summed E-state index contributed by atoms with van der Waals surface area (Å²) < 4.78 is 11.5. The van der Waals surface area contributed by atoms with Gasteiger partial charge in [0.1, 0.15) is 12.4 Å². The van der Waals surface area contributed by atoms with Crippen molar-refractivity contribution in [2.45, 2.75) is 96.8 Å². The topological polar surface area (TPSA) is 59.6 Å². The van der Waals surface area contributed by atoms with Crippen LogP contribution in [0.25, 0.3) is 0 Å². The molecule has 1 aromatic carbocycles. The summed E-state index contributed by atoms with van der Waals surface area (Å²) in [5, 5.41) is 6.24. The summed E-state index contributed by atoms with van der Waals surface area (Å²) in [5.74, 6) is 0.222. The monoisotopic (exact) mass is 556 g/mol. The summed E-state index contributed by atoms with van der Waals surface area (Å²) in [4.78, 5) is 12.7. The Morgan fingerprint density at radius 3 is 2.00 bits per heavy atom. The maximum atomic E-state index is 12.7. The molecule has 0 bridgehead atoms. The van der Waals surface area contributed by atoms with Crippen molar-refractivity contribution in [2.75, 3.05) is 26.9 Å². The largest absolute Gasteiger partial charge is 0.490 e. The van der Waals surface area contributed by atoms with E-state index in [0.29, 0.717) is 29.6 Å². The number of amides is 1. The third-order valence-electron chi connectivity index (χ3n) is 5.77. The van der Waals surface area contributed by atoms with Crippen molar-refractivity contribution in [2.24, 2.45) is 0 Å². The molecule has 0 aromatic heterocycles. The molecule has 0 aliphatic heterocycles. The smallest absolute Gasteiger partial charge is 0.261 e. The molecule has 1 rings (SSSR count). The van der Waals surface area contributed by atoms with Crippen molar-refractivity contribution in [3.63, 3.8) is 0 Å². The van der Waals surface area contributed by atoms with E-state index in [0.717, 1.165) is 17.4 Å². The minimum absolute atomic E-state index is 0.285. The molecule has 1 aromatic rings.